The van der Waals surface area contributed by atoms with Crippen LogP contribution in [0.5, 0.6) is 11.5 Å². The monoisotopic (exact) mass is 883 g/mol. The van der Waals surface area contributed by atoms with E-state index in [-0.39, 0.29) is 58.6 Å². The zero-order valence-corrected chi connectivity index (χ0v) is 37.2. The highest BCUT2D eigenvalue weighted by Crippen LogP contribution is 2.36. The van der Waals surface area contributed by atoms with Crippen LogP contribution < -0.4 is 10.6 Å². The molecule has 0 aliphatic carbocycles. The van der Waals surface area contributed by atoms with E-state index in [1.54, 1.807) is 11.0 Å². The number of nitrogen functional groups attached to an aromatic ring is 1. The molecule has 5 aromatic rings. The number of carbonyl (C=O) groups is 3. The van der Waals surface area contributed by atoms with Crippen LogP contribution in [-0.4, -0.2) is 122 Å². The van der Waals surface area contributed by atoms with Gasteiger partial charge in [-0.1, -0.05) is 32.0 Å². The lowest BCUT2D eigenvalue weighted by molar-refractivity contribution is -0.144. The van der Waals surface area contributed by atoms with Crippen molar-refractivity contribution in [2.24, 2.45) is 11.8 Å². The van der Waals surface area contributed by atoms with Crippen molar-refractivity contribution in [1.82, 2.24) is 34.6 Å². The predicted octanol–water partition coefficient (Wildman–Crippen LogP) is 5.43. The average Bonchev–Trinajstić information content (AvgIpc) is 3.93. The first-order chi connectivity index (χ1) is 31.4. The molecule has 3 saturated heterocycles. The summed E-state index contributed by atoms with van der Waals surface area (Å²) in [6, 6.07) is 15.0. The maximum absolute atomic E-state index is 14.1. The van der Waals surface area contributed by atoms with Gasteiger partial charge in [0.25, 0.3) is 11.9 Å². The molecule has 5 aliphatic heterocycles. The standard InChI is InChI=1S/C49H57N9O7/c1-29(2)37-23-38(42(60)24-41(37)59)48(63)58-26-34-4-3-30(21-35(34)27-58)25-54-12-7-31(8-13-54)46(61)56-14-9-32(10-15-56)47(62)57-16-11-36-40(28-57)51-44(53-45(36)55-17-19-64-20-18-55)33-5-6-39-43(22-33)65-49(50)52-39/h3-6,21-24,29,31-32,59-60H,7-20,25-28H2,1-2H3,(H2,50,52). The first-order valence-electron chi connectivity index (χ1n) is 23.1. The summed E-state index contributed by atoms with van der Waals surface area (Å²) in [5, 5.41) is 20.8. The van der Waals surface area contributed by atoms with Gasteiger partial charge in [-0.05, 0) is 97.6 Å². The van der Waals surface area contributed by atoms with Crippen molar-refractivity contribution in [2.75, 3.05) is 69.7 Å². The van der Waals surface area contributed by atoms with Crippen molar-refractivity contribution in [3.05, 3.63) is 87.6 Å². The summed E-state index contributed by atoms with van der Waals surface area (Å²) < 4.78 is 11.3. The van der Waals surface area contributed by atoms with Gasteiger partial charge in [-0.3, -0.25) is 19.3 Å². The van der Waals surface area contributed by atoms with Crippen molar-refractivity contribution < 1.29 is 33.8 Å². The van der Waals surface area contributed by atoms with E-state index in [4.69, 9.17) is 24.9 Å². The van der Waals surface area contributed by atoms with Crippen molar-refractivity contribution in [1.29, 1.82) is 0 Å². The number of amides is 3. The molecule has 7 heterocycles. The Morgan fingerprint density at radius 1 is 0.754 bits per heavy atom. The minimum atomic E-state index is -0.257. The molecule has 4 N–H and O–H groups in total. The Morgan fingerprint density at radius 3 is 2.23 bits per heavy atom. The summed E-state index contributed by atoms with van der Waals surface area (Å²) >= 11 is 0. The van der Waals surface area contributed by atoms with Gasteiger partial charge in [0.15, 0.2) is 11.4 Å². The normalized spacial score (nSPS) is 18.7. The van der Waals surface area contributed by atoms with Crippen LogP contribution in [0, 0.1) is 11.8 Å². The Hall–Kier alpha value is -6.26. The predicted molar refractivity (Wildman–Crippen MR) is 243 cm³/mol. The Morgan fingerprint density at radius 2 is 1.48 bits per heavy atom. The number of likely N-dealkylation sites (tertiary alicyclic amines) is 2. The molecular formula is C49H57N9O7. The first kappa shape index (κ1) is 42.7. The highest BCUT2D eigenvalue weighted by molar-refractivity contribution is 5.97. The number of piperidine rings is 2. The number of carbonyl (C=O) groups excluding carboxylic acids is 3. The van der Waals surface area contributed by atoms with Gasteiger partial charge in [0.05, 0.1) is 31.0 Å². The number of fused-ring (bicyclic) bond motifs is 3. The van der Waals surface area contributed by atoms with Gasteiger partial charge >= 0.3 is 0 Å². The lowest BCUT2D eigenvalue weighted by Crippen LogP contribution is -2.48. The maximum Gasteiger partial charge on any atom is 0.292 e. The van der Waals surface area contributed by atoms with Gasteiger partial charge in [-0.15, -0.1) is 0 Å². The third kappa shape index (κ3) is 8.56. The third-order valence-corrected chi connectivity index (χ3v) is 14.1. The Balaban J connectivity index is 0.720. The lowest BCUT2D eigenvalue weighted by atomic mass is 9.90. The summed E-state index contributed by atoms with van der Waals surface area (Å²) in [6.07, 6.45) is 3.56. The number of morpholine rings is 1. The molecule has 0 radical (unpaired) electrons. The molecule has 0 atom stereocenters. The molecule has 3 fully saturated rings. The second kappa shape index (κ2) is 17.6. The summed E-state index contributed by atoms with van der Waals surface area (Å²) in [5.41, 5.74) is 14.0. The number of ether oxygens (including phenoxy) is 1. The fraction of sp³-hybridized carbons (Fsp3) is 0.469. The number of aromatic nitrogens is 3. The van der Waals surface area contributed by atoms with E-state index in [9.17, 15) is 24.6 Å². The molecule has 16 heteroatoms. The highest BCUT2D eigenvalue weighted by atomic mass is 16.5. The highest BCUT2D eigenvalue weighted by Gasteiger charge is 2.36. The number of phenolic OH excluding ortho intramolecular Hbond substituents is 2. The third-order valence-electron chi connectivity index (χ3n) is 14.1. The summed E-state index contributed by atoms with van der Waals surface area (Å²) in [6.45, 7) is 12.1. The van der Waals surface area contributed by atoms with Crippen LogP contribution in [0.2, 0.25) is 0 Å². The molecule has 3 amide bonds. The SMILES string of the molecule is CC(C)c1cc(C(=O)N2Cc3ccc(CN4CCC(C(=O)N5CCC(C(=O)N6CCc7c(nc(-c8ccc9nc(N)oc9c8)nc7N7CCOCC7)C6)CC5)CC4)cc3C2)c(O)cc1O. The Bertz CT molecular complexity index is 2640. The van der Waals surface area contributed by atoms with Crippen molar-refractivity contribution in [3.63, 3.8) is 0 Å². The second-order valence-corrected chi connectivity index (χ2v) is 18.6. The van der Waals surface area contributed by atoms with Crippen molar-refractivity contribution in [3.8, 4) is 22.9 Å². The fourth-order valence-corrected chi connectivity index (χ4v) is 10.4. The molecule has 0 bridgehead atoms. The quantitative estimate of drug-likeness (QED) is 0.179. The lowest BCUT2D eigenvalue weighted by Gasteiger charge is -2.39. The van der Waals surface area contributed by atoms with E-state index in [1.165, 1.54) is 11.6 Å². The van der Waals surface area contributed by atoms with Crippen molar-refractivity contribution >= 4 is 40.7 Å². The number of aromatic hydroxyl groups is 2. The zero-order valence-electron chi connectivity index (χ0n) is 37.2. The molecule has 65 heavy (non-hydrogen) atoms. The van der Waals surface area contributed by atoms with E-state index in [2.05, 4.69) is 33.0 Å². The summed E-state index contributed by atoms with van der Waals surface area (Å²) in [4.78, 5) is 66.1. The first-order valence-corrected chi connectivity index (χ1v) is 23.1. The number of phenols is 2. The van der Waals surface area contributed by atoms with Gasteiger partial charge in [0.1, 0.15) is 22.8 Å². The molecule has 0 saturated carbocycles. The maximum atomic E-state index is 14.1. The number of rotatable bonds is 8. The number of anilines is 2. The Labute approximate surface area is 378 Å². The van der Waals surface area contributed by atoms with Gasteiger partial charge < -0.3 is 44.7 Å². The Kier molecular flexibility index (Phi) is 11.6. The van der Waals surface area contributed by atoms with Gasteiger partial charge in [-0.2, -0.15) is 4.98 Å². The van der Waals surface area contributed by atoms with Gasteiger partial charge in [0, 0.05) is 81.4 Å². The molecule has 0 unspecified atom stereocenters. The van der Waals surface area contributed by atoms with Gasteiger partial charge in [0.2, 0.25) is 11.8 Å². The number of nitrogens with two attached hydrogens (primary N) is 1. The smallest absolute Gasteiger partial charge is 0.292 e. The average molecular weight is 884 g/mol. The number of oxazole rings is 1. The topological polar surface area (TPSA) is 195 Å². The minimum Gasteiger partial charge on any atom is -0.508 e. The van der Waals surface area contributed by atoms with E-state index in [0.717, 1.165) is 79.3 Å². The molecule has 5 aliphatic rings. The van der Waals surface area contributed by atoms with Crippen molar-refractivity contribution in [2.45, 2.75) is 78.0 Å². The van der Waals surface area contributed by atoms with E-state index >= 15 is 0 Å². The molecule has 16 nitrogen and oxygen atoms in total. The molecule has 0 spiro atoms. The number of benzene rings is 3. The molecule has 3 aromatic carbocycles. The van der Waals surface area contributed by atoms with Crippen LogP contribution in [0.15, 0.2) is 52.9 Å². The number of hydrogen-bond donors (Lipinski definition) is 3. The summed E-state index contributed by atoms with van der Waals surface area (Å²) in [5.74, 6) is 1.15. The van der Waals surface area contributed by atoms with Crippen LogP contribution in [0.4, 0.5) is 11.8 Å². The van der Waals surface area contributed by atoms with Crippen LogP contribution in [0.25, 0.3) is 22.5 Å². The number of hydrogen-bond acceptors (Lipinski definition) is 13. The van der Waals surface area contributed by atoms with E-state index in [1.807, 2.05) is 41.8 Å². The molecule has 10 rings (SSSR count). The fourth-order valence-electron chi connectivity index (χ4n) is 10.4. The zero-order chi connectivity index (χ0) is 44.9. The van der Waals surface area contributed by atoms with Crippen LogP contribution in [0.1, 0.15) is 89.3 Å². The van der Waals surface area contributed by atoms with E-state index in [0.29, 0.717) is 94.2 Å². The minimum absolute atomic E-state index is 0.00387. The largest absolute Gasteiger partial charge is 0.508 e. The molecule has 2 aromatic heterocycles. The van der Waals surface area contributed by atoms with Crippen LogP contribution in [0.3, 0.4) is 0 Å². The van der Waals surface area contributed by atoms with Crippen LogP contribution >= 0.6 is 0 Å². The van der Waals surface area contributed by atoms with Gasteiger partial charge in [-0.25, -0.2) is 9.97 Å². The molecule has 340 valence electrons. The van der Waals surface area contributed by atoms with E-state index < -0.39 is 0 Å². The second-order valence-electron chi connectivity index (χ2n) is 18.6. The number of nitrogens with zero attached hydrogens (tertiary/aromatic N) is 8. The molecular weight excluding hydrogens is 827 g/mol. The van der Waals surface area contributed by atoms with Crippen LogP contribution in [-0.2, 0) is 46.9 Å². The summed E-state index contributed by atoms with van der Waals surface area (Å²) in [7, 11) is 0.